The molecule has 39 heavy (non-hydrogen) atoms. The largest absolute Gasteiger partial charge is 0.345 e. The van der Waals surface area contributed by atoms with Crippen molar-refractivity contribution >= 4 is 22.9 Å². The van der Waals surface area contributed by atoms with E-state index in [1.807, 2.05) is 42.5 Å². The summed E-state index contributed by atoms with van der Waals surface area (Å²) in [6.07, 6.45) is 2.57. The fourth-order valence-corrected chi connectivity index (χ4v) is 5.66. The van der Waals surface area contributed by atoms with E-state index in [4.69, 9.17) is 4.98 Å². The van der Waals surface area contributed by atoms with Crippen LogP contribution in [0.1, 0.15) is 35.6 Å². The molecule has 1 aromatic heterocycles. The van der Waals surface area contributed by atoms with Gasteiger partial charge in [0.15, 0.2) is 0 Å². The van der Waals surface area contributed by atoms with E-state index in [1.165, 1.54) is 5.56 Å². The summed E-state index contributed by atoms with van der Waals surface area (Å²) in [6, 6.07) is 39.3. The van der Waals surface area contributed by atoms with E-state index in [0.29, 0.717) is 0 Å². The van der Waals surface area contributed by atoms with Gasteiger partial charge in [0.2, 0.25) is 11.9 Å². The first-order valence-corrected chi connectivity index (χ1v) is 13.9. The van der Waals surface area contributed by atoms with Crippen LogP contribution in [0.2, 0.25) is 0 Å². The van der Waals surface area contributed by atoms with Crippen LogP contribution in [0.3, 0.4) is 0 Å². The Hall–Kier alpha value is -4.38. The number of imidazole rings is 1. The zero-order chi connectivity index (χ0) is 26.4. The first-order chi connectivity index (χ1) is 19.3. The maximum absolute atomic E-state index is 13.5. The molecule has 196 valence electrons. The van der Waals surface area contributed by atoms with Gasteiger partial charge in [-0.05, 0) is 48.1 Å². The van der Waals surface area contributed by atoms with Gasteiger partial charge in [0.1, 0.15) is 0 Å². The number of aryl methyl sites for hydroxylation is 2. The third-order valence-corrected chi connectivity index (χ3v) is 7.80. The predicted molar refractivity (Wildman–Crippen MR) is 158 cm³/mol. The summed E-state index contributed by atoms with van der Waals surface area (Å²) in [5, 5.41) is 3.37. The summed E-state index contributed by atoms with van der Waals surface area (Å²) in [7, 11) is 0. The first-order valence-electron chi connectivity index (χ1n) is 13.9. The van der Waals surface area contributed by atoms with Crippen LogP contribution in [0.5, 0.6) is 0 Å². The molecule has 1 aliphatic rings. The van der Waals surface area contributed by atoms with Crippen molar-refractivity contribution in [3.63, 3.8) is 0 Å². The second kappa shape index (κ2) is 11.6. The summed E-state index contributed by atoms with van der Waals surface area (Å²) < 4.78 is 2.35. The Morgan fingerprint density at radius 1 is 0.769 bits per heavy atom. The Balaban J connectivity index is 1.16. The number of carbonyl (C=O) groups is 1. The second-order valence-corrected chi connectivity index (χ2v) is 10.3. The highest BCUT2D eigenvalue weighted by Crippen LogP contribution is 2.29. The minimum Gasteiger partial charge on any atom is -0.345 e. The number of piperidine rings is 1. The van der Waals surface area contributed by atoms with E-state index in [1.54, 1.807) is 0 Å². The second-order valence-electron chi connectivity index (χ2n) is 10.3. The molecule has 1 saturated heterocycles. The summed E-state index contributed by atoms with van der Waals surface area (Å²) in [6.45, 7) is 2.50. The van der Waals surface area contributed by atoms with E-state index in [0.717, 1.165) is 67.0 Å². The highest BCUT2D eigenvalue weighted by molar-refractivity contribution is 5.81. The van der Waals surface area contributed by atoms with Crippen molar-refractivity contribution in [2.75, 3.05) is 18.0 Å². The molecule has 1 aliphatic heterocycles. The lowest BCUT2D eigenvalue weighted by molar-refractivity contribution is -0.126. The number of hydrogen-bond donors (Lipinski definition) is 1. The molecule has 6 rings (SSSR count). The number of rotatable bonds is 8. The predicted octanol–water partition coefficient (Wildman–Crippen LogP) is 6.40. The van der Waals surface area contributed by atoms with E-state index in [2.05, 4.69) is 87.6 Å². The summed E-state index contributed by atoms with van der Waals surface area (Å²) in [5.74, 6) is 1.13. The van der Waals surface area contributed by atoms with Crippen LogP contribution in [-0.4, -0.2) is 28.5 Å². The van der Waals surface area contributed by atoms with Gasteiger partial charge in [0.25, 0.3) is 0 Å². The van der Waals surface area contributed by atoms with E-state index < -0.39 is 0 Å². The summed E-state index contributed by atoms with van der Waals surface area (Å²) >= 11 is 0. The van der Waals surface area contributed by atoms with Crippen LogP contribution in [-0.2, 0) is 17.8 Å². The number of aromatic nitrogens is 2. The number of fused-ring (bicyclic) bond motifs is 1. The molecule has 5 nitrogen and oxygen atoms in total. The van der Waals surface area contributed by atoms with Crippen LogP contribution in [0.4, 0.5) is 5.95 Å². The molecule has 0 spiro atoms. The van der Waals surface area contributed by atoms with E-state index in [-0.39, 0.29) is 17.9 Å². The quantitative estimate of drug-likeness (QED) is 0.261. The lowest BCUT2D eigenvalue weighted by Gasteiger charge is -2.33. The van der Waals surface area contributed by atoms with Crippen LogP contribution in [0.25, 0.3) is 11.0 Å². The molecular weight excluding hydrogens is 480 g/mol. The van der Waals surface area contributed by atoms with Gasteiger partial charge in [-0.3, -0.25) is 4.79 Å². The number of anilines is 1. The number of hydrogen-bond acceptors (Lipinski definition) is 3. The Kier molecular flexibility index (Phi) is 7.39. The number of carbonyl (C=O) groups excluding carboxylic acids is 1. The van der Waals surface area contributed by atoms with Crippen LogP contribution in [0, 0.1) is 5.92 Å². The van der Waals surface area contributed by atoms with Crippen molar-refractivity contribution in [1.82, 2.24) is 14.9 Å². The Bertz CT molecular complexity index is 1470. The molecule has 1 fully saturated rings. The first kappa shape index (κ1) is 24.9. The zero-order valence-electron chi connectivity index (χ0n) is 22.1. The van der Waals surface area contributed by atoms with Crippen LogP contribution < -0.4 is 10.2 Å². The molecular formula is C34H34N4O. The Labute approximate surface area is 230 Å². The molecule has 1 amide bonds. The molecule has 2 heterocycles. The third-order valence-electron chi connectivity index (χ3n) is 7.80. The van der Waals surface area contributed by atoms with Gasteiger partial charge in [-0.1, -0.05) is 103 Å². The molecule has 0 bridgehead atoms. The molecule has 4 aromatic carbocycles. The molecule has 0 saturated carbocycles. The van der Waals surface area contributed by atoms with Gasteiger partial charge in [0.05, 0.1) is 17.1 Å². The van der Waals surface area contributed by atoms with Gasteiger partial charge in [-0.2, -0.15) is 0 Å². The van der Waals surface area contributed by atoms with Gasteiger partial charge in [-0.15, -0.1) is 0 Å². The van der Waals surface area contributed by atoms with Crippen molar-refractivity contribution in [3.05, 3.63) is 132 Å². The van der Waals surface area contributed by atoms with Crippen LogP contribution >= 0.6 is 0 Å². The highest BCUT2D eigenvalue weighted by Gasteiger charge is 2.29. The molecule has 0 radical (unpaired) electrons. The standard InChI is InChI=1S/C34H34N4O/c39-33(36-32(27-14-6-2-7-15-27)28-16-8-3-9-17-28)29-21-23-37(24-22-29)34-35-30-18-10-11-19-31(30)38(34)25-20-26-12-4-1-5-13-26/h1-19,29,32H,20-25H2,(H,36,39). The Morgan fingerprint density at radius 3 is 1.97 bits per heavy atom. The van der Waals surface area contributed by atoms with Crippen LogP contribution in [0.15, 0.2) is 115 Å². The average molecular weight is 515 g/mol. The van der Waals surface area contributed by atoms with Crippen molar-refractivity contribution in [2.24, 2.45) is 5.92 Å². The van der Waals surface area contributed by atoms with Crippen molar-refractivity contribution in [3.8, 4) is 0 Å². The van der Waals surface area contributed by atoms with E-state index in [9.17, 15) is 4.79 Å². The number of amides is 1. The number of para-hydroxylation sites is 2. The van der Waals surface area contributed by atoms with Crippen molar-refractivity contribution in [2.45, 2.75) is 31.8 Å². The average Bonchev–Trinajstić information content (AvgIpc) is 3.39. The minimum absolute atomic E-state index is 0.0154. The minimum atomic E-state index is -0.153. The maximum Gasteiger partial charge on any atom is 0.223 e. The van der Waals surface area contributed by atoms with Gasteiger partial charge in [-0.25, -0.2) is 4.98 Å². The lowest BCUT2D eigenvalue weighted by atomic mass is 9.93. The molecule has 0 atom stereocenters. The monoisotopic (exact) mass is 514 g/mol. The number of nitrogens with zero attached hydrogens (tertiary/aromatic N) is 3. The fraction of sp³-hybridized carbons (Fsp3) is 0.235. The van der Waals surface area contributed by atoms with E-state index >= 15 is 0 Å². The summed E-state index contributed by atoms with van der Waals surface area (Å²) in [5.41, 5.74) is 5.71. The van der Waals surface area contributed by atoms with Gasteiger partial charge < -0.3 is 14.8 Å². The normalized spacial score (nSPS) is 14.1. The SMILES string of the molecule is O=C(NC(c1ccccc1)c1ccccc1)C1CCN(c2nc3ccccc3n2CCc2ccccc2)CC1. The van der Waals surface area contributed by atoms with Crippen molar-refractivity contribution < 1.29 is 4.79 Å². The van der Waals surface area contributed by atoms with Gasteiger partial charge >= 0.3 is 0 Å². The Morgan fingerprint density at radius 2 is 1.33 bits per heavy atom. The van der Waals surface area contributed by atoms with Crippen molar-refractivity contribution in [1.29, 1.82) is 0 Å². The number of benzene rings is 4. The third kappa shape index (κ3) is 5.58. The molecule has 1 N–H and O–H groups in total. The molecule has 0 unspecified atom stereocenters. The topological polar surface area (TPSA) is 50.2 Å². The summed E-state index contributed by atoms with van der Waals surface area (Å²) in [4.78, 5) is 20.9. The zero-order valence-corrected chi connectivity index (χ0v) is 22.1. The molecule has 0 aliphatic carbocycles. The lowest BCUT2D eigenvalue weighted by Crippen LogP contribution is -2.42. The molecule has 5 aromatic rings. The molecule has 5 heteroatoms. The highest BCUT2D eigenvalue weighted by atomic mass is 16.2. The fourth-order valence-electron chi connectivity index (χ4n) is 5.66. The number of nitrogens with one attached hydrogen (secondary N) is 1. The van der Waals surface area contributed by atoms with Gasteiger partial charge in [0, 0.05) is 25.6 Å². The maximum atomic E-state index is 13.5. The smallest absolute Gasteiger partial charge is 0.223 e.